The van der Waals surface area contributed by atoms with E-state index in [2.05, 4.69) is 22.5 Å². The number of hydrogen-bond donors (Lipinski definition) is 2. The van der Waals surface area contributed by atoms with Crippen molar-refractivity contribution >= 4 is 27.3 Å². The molecule has 0 spiro atoms. The van der Waals surface area contributed by atoms with E-state index < -0.39 is 15.4 Å². The third-order valence-electron chi connectivity index (χ3n) is 5.25. The van der Waals surface area contributed by atoms with Gasteiger partial charge in [-0.3, -0.25) is 9.59 Å². The van der Waals surface area contributed by atoms with Gasteiger partial charge in [-0.15, -0.1) is 0 Å². The van der Waals surface area contributed by atoms with Gasteiger partial charge in [0.05, 0.1) is 4.90 Å². The summed E-state index contributed by atoms with van der Waals surface area (Å²) in [6.07, 6.45) is 1.12. The number of aryl methyl sites for hydroxylation is 1. The molecule has 8 heteroatoms. The molecule has 2 aromatic rings. The normalized spacial score (nSPS) is 13.2. The first-order chi connectivity index (χ1) is 14.5. The first-order valence-corrected chi connectivity index (χ1v) is 12.1. The maximum Gasteiger partial charge on any atom is 0.250 e. The number of nitrogens with one attached hydrogen (secondary N) is 2. The summed E-state index contributed by atoms with van der Waals surface area (Å²) >= 11 is 0. The Balaban J connectivity index is 2.17. The van der Waals surface area contributed by atoms with E-state index in [0.29, 0.717) is 18.7 Å². The summed E-state index contributed by atoms with van der Waals surface area (Å²) in [5.41, 5.74) is 1.44. The molecule has 0 bridgehead atoms. The fourth-order valence-electron chi connectivity index (χ4n) is 3.50. The van der Waals surface area contributed by atoms with Crippen molar-refractivity contribution in [1.29, 1.82) is 0 Å². The molecule has 2 N–H and O–H groups in total. The number of benzene rings is 2. The largest absolute Gasteiger partial charge is 0.370 e. The predicted octanol–water partition coefficient (Wildman–Crippen LogP) is 2.39. The minimum Gasteiger partial charge on any atom is -0.370 e. The van der Waals surface area contributed by atoms with Crippen LogP contribution in [0.1, 0.15) is 31.9 Å². The van der Waals surface area contributed by atoms with Crippen LogP contribution >= 0.6 is 0 Å². The Morgan fingerprint density at radius 2 is 1.68 bits per heavy atom. The number of nitrogens with zero attached hydrogens (tertiary/aromatic N) is 1. The molecular formula is C23H31N3O4S. The molecule has 0 radical (unpaired) electrons. The van der Waals surface area contributed by atoms with Gasteiger partial charge in [-0.05, 0) is 50.1 Å². The van der Waals surface area contributed by atoms with Crippen molar-refractivity contribution in [2.75, 3.05) is 30.8 Å². The summed E-state index contributed by atoms with van der Waals surface area (Å²) in [5.74, 6) is -0.726. The summed E-state index contributed by atoms with van der Waals surface area (Å²) in [7, 11) is -3.36. The summed E-state index contributed by atoms with van der Waals surface area (Å²) in [4.78, 5) is 27.2. The molecule has 0 fully saturated rings. The Kier molecular flexibility index (Phi) is 7.84. The van der Waals surface area contributed by atoms with E-state index in [9.17, 15) is 18.0 Å². The summed E-state index contributed by atoms with van der Waals surface area (Å²) < 4.78 is 23.5. The number of sulfone groups is 1. The van der Waals surface area contributed by atoms with Crippen molar-refractivity contribution in [2.24, 2.45) is 0 Å². The number of amides is 2. The Morgan fingerprint density at radius 3 is 2.19 bits per heavy atom. The van der Waals surface area contributed by atoms with Crippen LogP contribution in [0.4, 0.5) is 5.69 Å². The average Bonchev–Trinajstić information content (AvgIpc) is 2.70. The van der Waals surface area contributed by atoms with Gasteiger partial charge in [0.25, 0.3) is 0 Å². The minimum atomic E-state index is -3.36. The molecule has 0 saturated heterocycles. The van der Waals surface area contributed by atoms with Gasteiger partial charge in [0, 0.05) is 38.5 Å². The number of para-hydroxylation sites is 1. The third kappa shape index (κ3) is 6.07. The van der Waals surface area contributed by atoms with Crippen molar-refractivity contribution in [1.82, 2.24) is 10.6 Å². The van der Waals surface area contributed by atoms with E-state index in [1.807, 2.05) is 31.2 Å². The van der Waals surface area contributed by atoms with Gasteiger partial charge < -0.3 is 15.5 Å². The lowest BCUT2D eigenvalue weighted by atomic mass is 9.90. The van der Waals surface area contributed by atoms with E-state index in [0.717, 1.165) is 24.1 Å². The van der Waals surface area contributed by atoms with Gasteiger partial charge in [-0.25, -0.2) is 8.42 Å². The zero-order valence-electron chi connectivity index (χ0n) is 18.7. The molecule has 2 amide bonds. The summed E-state index contributed by atoms with van der Waals surface area (Å²) in [6, 6.07) is 14.1. The number of hydrogen-bond acceptors (Lipinski definition) is 5. The first-order valence-electron chi connectivity index (χ1n) is 10.2. The van der Waals surface area contributed by atoms with E-state index in [-0.39, 0.29) is 16.7 Å². The highest BCUT2D eigenvalue weighted by molar-refractivity contribution is 7.90. The lowest BCUT2D eigenvalue weighted by Crippen LogP contribution is -2.54. The second-order valence-corrected chi connectivity index (χ2v) is 9.74. The SMILES string of the molecule is CCN(CCNC(=O)[C@](C)(NC(C)=O)c1ccc(S(C)(=O)=O)cc1)c1ccccc1C. The Morgan fingerprint density at radius 1 is 1.06 bits per heavy atom. The summed E-state index contributed by atoms with van der Waals surface area (Å²) in [6.45, 7) is 8.83. The van der Waals surface area contributed by atoms with E-state index >= 15 is 0 Å². The van der Waals surface area contributed by atoms with Crippen LogP contribution in [-0.2, 0) is 25.0 Å². The van der Waals surface area contributed by atoms with Gasteiger partial charge in [0.15, 0.2) is 9.84 Å². The molecule has 0 unspecified atom stereocenters. The van der Waals surface area contributed by atoms with Crippen LogP contribution in [0.5, 0.6) is 0 Å². The summed E-state index contributed by atoms with van der Waals surface area (Å²) in [5, 5.41) is 5.62. The molecule has 2 rings (SSSR count). The number of carbonyl (C=O) groups is 2. The number of carbonyl (C=O) groups excluding carboxylic acids is 2. The van der Waals surface area contributed by atoms with E-state index in [1.165, 1.54) is 19.1 Å². The molecule has 0 aliphatic rings. The smallest absolute Gasteiger partial charge is 0.250 e. The monoisotopic (exact) mass is 445 g/mol. The third-order valence-corrected chi connectivity index (χ3v) is 6.37. The molecule has 168 valence electrons. The highest BCUT2D eigenvalue weighted by Gasteiger charge is 2.36. The molecule has 0 aliphatic carbocycles. The fourth-order valence-corrected chi connectivity index (χ4v) is 4.13. The first kappa shape index (κ1) is 24.4. The van der Waals surface area contributed by atoms with Crippen molar-refractivity contribution in [3.05, 3.63) is 59.7 Å². The standard InChI is InChI=1S/C23H31N3O4S/c1-6-26(21-10-8-7-9-17(21)2)16-15-24-22(28)23(4,25-18(3)27)19-11-13-20(14-12-19)31(5,29)30/h7-14H,6,15-16H2,1-5H3,(H,24,28)(H,25,27)/t23-/m1/s1. The van der Waals surface area contributed by atoms with Crippen molar-refractivity contribution in [3.8, 4) is 0 Å². The van der Waals surface area contributed by atoms with Crippen molar-refractivity contribution in [2.45, 2.75) is 38.1 Å². The maximum absolute atomic E-state index is 13.1. The second-order valence-electron chi connectivity index (χ2n) is 7.72. The lowest BCUT2D eigenvalue weighted by molar-refractivity contribution is -0.132. The number of anilines is 1. The predicted molar refractivity (Wildman–Crippen MR) is 123 cm³/mol. The van der Waals surface area contributed by atoms with Crippen molar-refractivity contribution < 1.29 is 18.0 Å². The zero-order chi connectivity index (χ0) is 23.2. The number of likely N-dealkylation sites (N-methyl/N-ethyl adjacent to an activating group) is 1. The van der Waals surface area contributed by atoms with E-state index in [1.54, 1.807) is 19.1 Å². The topological polar surface area (TPSA) is 95.6 Å². The molecule has 1 atom stereocenters. The van der Waals surface area contributed by atoms with Crippen LogP contribution in [0.2, 0.25) is 0 Å². The molecule has 31 heavy (non-hydrogen) atoms. The van der Waals surface area contributed by atoms with Crippen LogP contribution < -0.4 is 15.5 Å². The maximum atomic E-state index is 13.1. The molecular weight excluding hydrogens is 414 g/mol. The second kappa shape index (κ2) is 9.96. The molecule has 7 nitrogen and oxygen atoms in total. The lowest BCUT2D eigenvalue weighted by Gasteiger charge is -2.31. The Bertz CT molecular complexity index is 1040. The molecule has 2 aromatic carbocycles. The fraction of sp³-hybridized carbons (Fsp3) is 0.391. The Labute approximate surface area is 184 Å². The van der Waals surface area contributed by atoms with Crippen LogP contribution in [0.3, 0.4) is 0 Å². The Hall–Kier alpha value is -2.87. The molecule has 0 heterocycles. The quantitative estimate of drug-likeness (QED) is 0.618. The van der Waals surface area contributed by atoms with Crippen LogP contribution in [-0.4, -0.2) is 46.1 Å². The van der Waals surface area contributed by atoms with Gasteiger partial charge >= 0.3 is 0 Å². The van der Waals surface area contributed by atoms with Gasteiger partial charge in [0.1, 0.15) is 5.54 Å². The molecule has 0 aliphatic heterocycles. The van der Waals surface area contributed by atoms with Crippen LogP contribution in [0, 0.1) is 6.92 Å². The average molecular weight is 446 g/mol. The molecule has 0 saturated carbocycles. The van der Waals surface area contributed by atoms with E-state index in [4.69, 9.17) is 0 Å². The van der Waals surface area contributed by atoms with Gasteiger partial charge in [0.2, 0.25) is 11.8 Å². The van der Waals surface area contributed by atoms with Gasteiger partial charge in [-0.2, -0.15) is 0 Å². The zero-order valence-corrected chi connectivity index (χ0v) is 19.5. The van der Waals surface area contributed by atoms with Crippen LogP contribution in [0.15, 0.2) is 53.4 Å². The molecule has 0 aromatic heterocycles. The minimum absolute atomic E-state index is 0.152. The highest BCUT2D eigenvalue weighted by Crippen LogP contribution is 2.23. The van der Waals surface area contributed by atoms with Gasteiger partial charge in [-0.1, -0.05) is 30.3 Å². The van der Waals surface area contributed by atoms with Crippen molar-refractivity contribution in [3.63, 3.8) is 0 Å². The number of rotatable bonds is 9. The van der Waals surface area contributed by atoms with Crippen LogP contribution in [0.25, 0.3) is 0 Å². The highest BCUT2D eigenvalue weighted by atomic mass is 32.2.